The molecule has 20 heavy (non-hydrogen) atoms. The molecule has 1 aliphatic heterocycles. The van der Waals surface area contributed by atoms with E-state index in [1.165, 1.54) is 0 Å². The highest BCUT2D eigenvalue weighted by Gasteiger charge is 2.40. The first kappa shape index (κ1) is 17.0. The number of nitrogens with one attached hydrogen (secondary N) is 1. The fourth-order valence-electron chi connectivity index (χ4n) is 3.03. The van der Waals surface area contributed by atoms with Gasteiger partial charge in [-0.15, -0.1) is 0 Å². The van der Waals surface area contributed by atoms with Gasteiger partial charge < -0.3 is 15.3 Å². The molecule has 0 aromatic rings. The molecular weight excluding hydrogens is 256 g/mol. The smallest absolute Gasteiger partial charge is 0.305 e. The number of rotatable bonds is 6. The topological polar surface area (TPSA) is 69.6 Å². The summed E-state index contributed by atoms with van der Waals surface area (Å²) < 4.78 is 0. The van der Waals surface area contributed by atoms with Crippen LogP contribution in [-0.2, 0) is 9.59 Å². The molecule has 1 rings (SSSR count). The van der Waals surface area contributed by atoms with E-state index in [1.54, 1.807) is 4.90 Å². The maximum absolute atomic E-state index is 12.8. The van der Waals surface area contributed by atoms with E-state index in [9.17, 15) is 9.59 Å². The molecule has 0 bridgehead atoms. The number of amides is 1. The van der Waals surface area contributed by atoms with Crippen molar-refractivity contribution in [2.45, 2.75) is 53.0 Å². The summed E-state index contributed by atoms with van der Waals surface area (Å²) in [7, 11) is 0. The van der Waals surface area contributed by atoms with Gasteiger partial charge in [-0.05, 0) is 45.7 Å². The monoisotopic (exact) mass is 284 g/mol. The van der Waals surface area contributed by atoms with Crippen molar-refractivity contribution in [3.8, 4) is 0 Å². The zero-order valence-electron chi connectivity index (χ0n) is 13.1. The lowest BCUT2D eigenvalue weighted by molar-refractivity contribution is -0.147. The summed E-state index contributed by atoms with van der Waals surface area (Å²) in [5.41, 5.74) is -0.448. The van der Waals surface area contributed by atoms with Crippen LogP contribution in [0.25, 0.3) is 0 Å². The minimum atomic E-state index is -0.860. The normalized spacial score (nSPS) is 21.3. The molecule has 0 aliphatic carbocycles. The van der Waals surface area contributed by atoms with Gasteiger partial charge in [-0.3, -0.25) is 9.59 Å². The number of nitrogens with zero attached hydrogens (tertiary/aromatic N) is 1. The highest BCUT2D eigenvalue weighted by molar-refractivity contribution is 5.83. The molecular formula is C15H28N2O3. The molecule has 5 heteroatoms. The highest BCUT2D eigenvalue weighted by atomic mass is 16.4. The van der Waals surface area contributed by atoms with E-state index in [-0.39, 0.29) is 18.4 Å². The number of piperidine rings is 1. The Labute approximate surface area is 121 Å². The van der Waals surface area contributed by atoms with Crippen LogP contribution in [-0.4, -0.2) is 47.6 Å². The van der Waals surface area contributed by atoms with Crippen molar-refractivity contribution in [3.63, 3.8) is 0 Å². The molecule has 2 atom stereocenters. The van der Waals surface area contributed by atoms with Gasteiger partial charge in [0.1, 0.15) is 0 Å². The second-order valence-electron chi connectivity index (χ2n) is 6.30. The number of hydrogen-bond acceptors (Lipinski definition) is 3. The third-order valence-electron chi connectivity index (χ3n) is 4.47. The summed E-state index contributed by atoms with van der Waals surface area (Å²) in [5.74, 6) is -0.474. The van der Waals surface area contributed by atoms with Gasteiger partial charge in [0, 0.05) is 18.0 Å². The van der Waals surface area contributed by atoms with Crippen LogP contribution in [0.3, 0.4) is 0 Å². The lowest BCUT2D eigenvalue weighted by Crippen LogP contribution is -2.51. The number of carbonyl (C=O) groups is 2. The zero-order valence-corrected chi connectivity index (χ0v) is 13.1. The number of carboxylic acids is 1. The van der Waals surface area contributed by atoms with Crippen molar-refractivity contribution in [3.05, 3.63) is 0 Å². The van der Waals surface area contributed by atoms with Crippen LogP contribution < -0.4 is 5.32 Å². The Morgan fingerprint density at radius 3 is 2.55 bits per heavy atom. The zero-order chi connectivity index (χ0) is 15.3. The molecule has 1 aliphatic rings. The molecule has 0 aromatic carbocycles. The molecule has 0 saturated carbocycles. The number of carboxylic acid groups (broad SMARTS) is 1. The lowest BCUT2D eigenvalue weighted by Gasteiger charge is -2.41. The van der Waals surface area contributed by atoms with E-state index >= 15 is 0 Å². The van der Waals surface area contributed by atoms with Gasteiger partial charge in [0.2, 0.25) is 5.91 Å². The Balaban J connectivity index is 2.79. The summed E-state index contributed by atoms with van der Waals surface area (Å²) in [6.07, 6.45) is 2.15. The van der Waals surface area contributed by atoms with E-state index in [2.05, 4.69) is 5.32 Å². The van der Waals surface area contributed by atoms with Crippen molar-refractivity contribution in [2.75, 3.05) is 19.6 Å². The summed E-state index contributed by atoms with van der Waals surface area (Å²) in [5, 5.41) is 12.3. The van der Waals surface area contributed by atoms with Gasteiger partial charge in [-0.2, -0.15) is 0 Å². The molecule has 1 saturated heterocycles. The minimum absolute atomic E-state index is 0.00141. The first-order valence-electron chi connectivity index (χ1n) is 7.54. The van der Waals surface area contributed by atoms with Crippen LogP contribution in [0.4, 0.5) is 0 Å². The highest BCUT2D eigenvalue weighted by Crippen LogP contribution is 2.34. The number of aliphatic carboxylic acids is 1. The van der Waals surface area contributed by atoms with E-state index in [0.717, 1.165) is 25.9 Å². The molecule has 2 unspecified atom stereocenters. The first-order valence-corrected chi connectivity index (χ1v) is 7.54. The van der Waals surface area contributed by atoms with Crippen LogP contribution in [0, 0.1) is 11.3 Å². The Morgan fingerprint density at radius 2 is 2.10 bits per heavy atom. The first-order chi connectivity index (χ1) is 9.30. The van der Waals surface area contributed by atoms with Gasteiger partial charge in [-0.25, -0.2) is 0 Å². The average molecular weight is 284 g/mol. The number of hydrogen-bond donors (Lipinski definition) is 2. The van der Waals surface area contributed by atoms with Crippen LogP contribution in [0.5, 0.6) is 0 Å². The van der Waals surface area contributed by atoms with Crippen LogP contribution in [0.1, 0.15) is 47.0 Å². The Bertz CT molecular complexity index is 349. The predicted molar refractivity (Wildman–Crippen MR) is 78.5 cm³/mol. The summed E-state index contributed by atoms with van der Waals surface area (Å²) >= 11 is 0. The Hall–Kier alpha value is -1.10. The molecule has 2 N–H and O–H groups in total. The van der Waals surface area contributed by atoms with E-state index in [4.69, 9.17) is 5.11 Å². The van der Waals surface area contributed by atoms with Gasteiger partial charge in [0.25, 0.3) is 0 Å². The molecule has 1 fully saturated rings. The maximum Gasteiger partial charge on any atom is 0.305 e. The predicted octanol–water partition coefficient (Wildman–Crippen LogP) is 1.72. The molecule has 0 aromatic heterocycles. The SMILES string of the molecule is CCN(C(=O)C(C)(C)C1CCCNC1)C(C)CC(=O)O. The van der Waals surface area contributed by atoms with Crippen LogP contribution >= 0.6 is 0 Å². The van der Waals surface area contributed by atoms with E-state index in [1.807, 2.05) is 27.7 Å². The van der Waals surface area contributed by atoms with E-state index < -0.39 is 11.4 Å². The van der Waals surface area contributed by atoms with Gasteiger partial charge in [0.15, 0.2) is 0 Å². The van der Waals surface area contributed by atoms with Crippen molar-refractivity contribution in [1.82, 2.24) is 10.2 Å². The van der Waals surface area contributed by atoms with Crippen molar-refractivity contribution < 1.29 is 14.7 Å². The third kappa shape index (κ3) is 3.95. The van der Waals surface area contributed by atoms with Crippen molar-refractivity contribution in [2.24, 2.45) is 11.3 Å². The standard InChI is InChI=1S/C15H28N2O3/c1-5-17(11(2)9-13(18)19)14(20)15(3,4)12-7-6-8-16-10-12/h11-12,16H,5-10H2,1-4H3,(H,18,19). The molecule has 1 heterocycles. The summed E-state index contributed by atoms with van der Waals surface area (Å²) in [6, 6.07) is -0.263. The summed E-state index contributed by atoms with van der Waals surface area (Å²) in [6.45, 7) is 10.1. The lowest BCUT2D eigenvalue weighted by atomic mass is 9.73. The Kier molecular flexibility index (Phi) is 5.99. The van der Waals surface area contributed by atoms with E-state index in [0.29, 0.717) is 12.5 Å². The summed E-state index contributed by atoms with van der Waals surface area (Å²) in [4.78, 5) is 25.4. The molecule has 116 valence electrons. The molecule has 5 nitrogen and oxygen atoms in total. The van der Waals surface area contributed by atoms with Gasteiger partial charge >= 0.3 is 5.97 Å². The quantitative estimate of drug-likeness (QED) is 0.779. The van der Waals surface area contributed by atoms with Crippen molar-refractivity contribution >= 4 is 11.9 Å². The molecule has 0 radical (unpaired) electrons. The second-order valence-corrected chi connectivity index (χ2v) is 6.30. The molecule has 0 spiro atoms. The average Bonchev–Trinajstić information content (AvgIpc) is 2.39. The third-order valence-corrected chi connectivity index (χ3v) is 4.47. The maximum atomic E-state index is 12.8. The minimum Gasteiger partial charge on any atom is -0.481 e. The van der Waals surface area contributed by atoms with Crippen LogP contribution in [0.15, 0.2) is 0 Å². The fourth-order valence-corrected chi connectivity index (χ4v) is 3.03. The van der Waals surface area contributed by atoms with Crippen molar-refractivity contribution in [1.29, 1.82) is 0 Å². The van der Waals surface area contributed by atoms with Crippen LogP contribution in [0.2, 0.25) is 0 Å². The van der Waals surface area contributed by atoms with Gasteiger partial charge in [0.05, 0.1) is 6.42 Å². The Morgan fingerprint density at radius 1 is 1.45 bits per heavy atom. The fraction of sp³-hybridized carbons (Fsp3) is 0.867. The second kappa shape index (κ2) is 7.07. The number of carbonyl (C=O) groups excluding carboxylic acids is 1. The molecule has 1 amide bonds. The van der Waals surface area contributed by atoms with Gasteiger partial charge in [-0.1, -0.05) is 13.8 Å². The largest absolute Gasteiger partial charge is 0.481 e.